The lowest BCUT2D eigenvalue weighted by Gasteiger charge is -2.51. The van der Waals surface area contributed by atoms with Crippen LogP contribution in [0.4, 0.5) is 0 Å². The van der Waals surface area contributed by atoms with Crippen LogP contribution >= 0.6 is 0 Å². The van der Waals surface area contributed by atoms with E-state index in [2.05, 4.69) is 41.5 Å². The molecule has 0 radical (unpaired) electrons. The fraction of sp³-hybridized carbons (Fsp3) is 1.00. The van der Waals surface area contributed by atoms with Crippen LogP contribution in [-0.2, 0) is 0 Å². The van der Waals surface area contributed by atoms with Crippen molar-refractivity contribution in [1.29, 1.82) is 0 Å². The second-order valence-corrected chi connectivity index (χ2v) is 6.93. The molecule has 0 nitrogen and oxygen atoms in total. The van der Waals surface area contributed by atoms with Crippen LogP contribution in [0.15, 0.2) is 0 Å². The second kappa shape index (κ2) is 4.47. The van der Waals surface area contributed by atoms with Crippen LogP contribution < -0.4 is 0 Å². The predicted octanol–water partition coefficient (Wildman–Crippen LogP) is 5.28. The van der Waals surface area contributed by atoms with Crippen LogP contribution in [0.2, 0.25) is 0 Å². The molecule has 90 valence electrons. The van der Waals surface area contributed by atoms with Crippen molar-refractivity contribution >= 4 is 0 Å². The first-order chi connectivity index (χ1) is 6.80. The lowest BCUT2D eigenvalue weighted by Crippen LogP contribution is -2.43. The molecule has 0 unspecified atom stereocenters. The van der Waals surface area contributed by atoms with Gasteiger partial charge in [-0.25, -0.2) is 0 Å². The van der Waals surface area contributed by atoms with Gasteiger partial charge in [-0.15, -0.1) is 0 Å². The van der Waals surface area contributed by atoms with Crippen LogP contribution in [0.5, 0.6) is 0 Å². The summed E-state index contributed by atoms with van der Waals surface area (Å²) in [6.45, 7) is 14.7. The van der Waals surface area contributed by atoms with E-state index in [9.17, 15) is 0 Å². The number of hydrogen-bond acceptors (Lipinski definition) is 0. The second-order valence-electron chi connectivity index (χ2n) is 6.93. The van der Waals surface area contributed by atoms with E-state index in [1.807, 2.05) is 0 Å². The molecule has 1 saturated carbocycles. The molecule has 0 N–H and O–H groups in total. The summed E-state index contributed by atoms with van der Waals surface area (Å²) in [5.74, 6) is 1.72. The van der Waals surface area contributed by atoms with Crippen molar-refractivity contribution in [2.75, 3.05) is 0 Å². The SMILES string of the molecule is CC(C)C(C)(C)C(C)(C)C1CCCCC1. The monoisotopic (exact) mass is 210 g/mol. The average Bonchev–Trinajstić information content (AvgIpc) is 2.18. The third-order valence-electron chi connectivity index (χ3n) is 5.73. The molecule has 0 aromatic carbocycles. The van der Waals surface area contributed by atoms with Crippen LogP contribution in [0.3, 0.4) is 0 Å². The standard InChI is InChI=1S/C15H30/c1-12(2)14(3,4)15(5,6)13-10-8-7-9-11-13/h12-13H,7-11H2,1-6H3. The maximum Gasteiger partial charge on any atom is -0.0272 e. The van der Waals surface area contributed by atoms with Gasteiger partial charge in [-0.2, -0.15) is 0 Å². The summed E-state index contributed by atoms with van der Waals surface area (Å²) >= 11 is 0. The predicted molar refractivity (Wildman–Crippen MR) is 69.0 cm³/mol. The zero-order chi connectivity index (χ0) is 11.7. The molecule has 1 rings (SSSR count). The highest BCUT2D eigenvalue weighted by Gasteiger charge is 2.44. The molecule has 1 aliphatic carbocycles. The van der Waals surface area contributed by atoms with Crippen molar-refractivity contribution in [2.45, 2.75) is 73.6 Å². The minimum atomic E-state index is 0.453. The Hall–Kier alpha value is 0. The average molecular weight is 210 g/mol. The molecular weight excluding hydrogens is 180 g/mol. The van der Waals surface area contributed by atoms with Crippen molar-refractivity contribution in [2.24, 2.45) is 22.7 Å². The summed E-state index contributed by atoms with van der Waals surface area (Å²) in [4.78, 5) is 0. The number of hydrogen-bond donors (Lipinski definition) is 0. The van der Waals surface area contributed by atoms with Crippen LogP contribution in [0.1, 0.15) is 73.6 Å². The Bertz CT molecular complexity index is 192. The highest BCUT2D eigenvalue weighted by atomic mass is 14.5. The Balaban J connectivity index is 2.79. The van der Waals surface area contributed by atoms with E-state index < -0.39 is 0 Å². The van der Waals surface area contributed by atoms with Gasteiger partial charge in [-0.05, 0) is 35.5 Å². The molecule has 0 aromatic rings. The molecule has 0 aromatic heterocycles. The highest BCUT2D eigenvalue weighted by molar-refractivity contribution is 4.93. The zero-order valence-electron chi connectivity index (χ0n) is 11.7. The van der Waals surface area contributed by atoms with Crippen molar-refractivity contribution in [1.82, 2.24) is 0 Å². The minimum absolute atomic E-state index is 0.453. The highest BCUT2D eigenvalue weighted by Crippen LogP contribution is 2.52. The molecule has 0 heterocycles. The molecule has 1 fully saturated rings. The molecule has 0 heteroatoms. The molecule has 0 amide bonds. The van der Waals surface area contributed by atoms with Crippen molar-refractivity contribution < 1.29 is 0 Å². The molecular formula is C15H30. The molecule has 0 saturated heterocycles. The van der Waals surface area contributed by atoms with Gasteiger partial charge in [0, 0.05) is 0 Å². The lowest BCUT2D eigenvalue weighted by atomic mass is 9.54. The Morgan fingerprint density at radius 2 is 1.33 bits per heavy atom. The fourth-order valence-corrected chi connectivity index (χ4v) is 3.09. The van der Waals surface area contributed by atoms with Gasteiger partial charge >= 0.3 is 0 Å². The Morgan fingerprint density at radius 3 is 1.73 bits per heavy atom. The van der Waals surface area contributed by atoms with E-state index in [0.717, 1.165) is 11.8 Å². The van der Waals surface area contributed by atoms with Gasteiger partial charge in [-0.3, -0.25) is 0 Å². The summed E-state index contributed by atoms with van der Waals surface area (Å²) in [6, 6.07) is 0. The smallest absolute Gasteiger partial charge is 0.0272 e. The van der Waals surface area contributed by atoms with Crippen molar-refractivity contribution in [3.05, 3.63) is 0 Å². The molecule has 0 spiro atoms. The summed E-state index contributed by atoms with van der Waals surface area (Å²) in [6.07, 6.45) is 7.31. The van der Waals surface area contributed by atoms with Gasteiger partial charge in [-0.1, -0.05) is 60.8 Å². The van der Waals surface area contributed by atoms with E-state index in [-0.39, 0.29) is 0 Å². The lowest BCUT2D eigenvalue weighted by molar-refractivity contribution is -0.0150. The van der Waals surface area contributed by atoms with Gasteiger partial charge in [0.2, 0.25) is 0 Å². The summed E-state index contributed by atoms with van der Waals surface area (Å²) in [5.41, 5.74) is 0.941. The molecule has 0 bridgehead atoms. The Labute approximate surface area is 96.8 Å². The van der Waals surface area contributed by atoms with Gasteiger partial charge in [0.05, 0.1) is 0 Å². The van der Waals surface area contributed by atoms with Crippen LogP contribution in [-0.4, -0.2) is 0 Å². The first-order valence-corrected chi connectivity index (χ1v) is 6.80. The molecule has 0 atom stereocenters. The van der Waals surface area contributed by atoms with E-state index in [4.69, 9.17) is 0 Å². The Morgan fingerprint density at radius 1 is 0.867 bits per heavy atom. The topological polar surface area (TPSA) is 0 Å². The van der Waals surface area contributed by atoms with Crippen LogP contribution in [0.25, 0.3) is 0 Å². The van der Waals surface area contributed by atoms with Crippen molar-refractivity contribution in [3.8, 4) is 0 Å². The fourth-order valence-electron chi connectivity index (χ4n) is 3.09. The van der Waals surface area contributed by atoms with Gasteiger partial charge in [0.1, 0.15) is 0 Å². The first kappa shape index (κ1) is 13.1. The van der Waals surface area contributed by atoms with Gasteiger partial charge < -0.3 is 0 Å². The minimum Gasteiger partial charge on any atom is -0.0622 e. The van der Waals surface area contributed by atoms with E-state index in [1.165, 1.54) is 32.1 Å². The maximum absolute atomic E-state index is 2.50. The third kappa shape index (κ3) is 2.40. The molecule has 0 aliphatic heterocycles. The van der Waals surface area contributed by atoms with E-state index in [0.29, 0.717) is 10.8 Å². The van der Waals surface area contributed by atoms with E-state index >= 15 is 0 Å². The van der Waals surface area contributed by atoms with Crippen molar-refractivity contribution in [3.63, 3.8) is 0 Å². The normalized spacial score (nSPS) is 21.0. The summed E-state index contributed by atoms with van der Waals surface area (Å²) in [5, 5.41) is 0. The number of rotatable bonds is 3. The van der Waals surface area contributed by atoms with Gasteiger partial charge in [0.25, 0.3) is 0 Å². The zero-order valence-corrected chi connectivity index (χ0v) is 11.7. The Kier molecular flexibility index (Phi) is 3.90. The first-order valence-electron chi connectivity index (χ1n) is 6.80. The molecule has 15 heavy (non-hydrogen) atoms. The summed E-state index contributed by atoms with van der Waals surface area (Å²) < 4.78 is 0. The quantitative estimate of drug-likeness (QED) is 0.595. The van der Waals surface area contributed by atoms with E-state index in [1.54, 1.807) is 0 Å². The summed E-state index contributed by atoms with van der Waals surface area (Å²) in [7, 11) is 0. The van der Waals surface area contributed by atoms with Crippen LogP contribution in [0, 0.1) is 22.7 Å². The largest absolute Gasteiger partial charge is 0.0622 e. The van der Waals surface area contributed by atoms with Gasteiger partial charge in [0.15, 0.2) is 0 Å². The maximum atomic E-state index is 2.50. The third-order valence-corrected chi connectivity index (χ3v) is 5.73. The molecule has 1 aliphatic rings.